The Kier molecular flexibility index (Phi) is 5.13. The van der Waals surface area contributed by atoms with E-state index in [1.165, 1.54) is 18.0 Å². The van der Waals surface area contributed by atoms with Crippen molar-refractivity contribution in [2.75, 3.05) is 13.7 Å². The molecular weight excluding hydrogens is 346 g/mol. The standard InChI is InChI=1S/C18H16F2N2O4/c1-25-18(24)11-2-4-13(5-3-11)26-9-12(23)8-22-10-21-16-6-14(19)15(20)7-17(16)22/h2-7,10,12,23H,8-9H2,1H3. The lowest BCUT2D eigenvalue weighted by atomic mass is 10.2. The minimum atomic E-state index is -0.976. The maximum Gasteiger partial charge on any atom is 0.337 e. The van der Waals surface area contributed by atoms with Crippen LogP contribution in [0.15, 0.2) is 42.7 Å². The highest BCUT2D eigenvalue weighted by atomic mass is 19.2. The third-order valence-electron chi connectivity index (χ3n) is 3.79. The third kappa shape index (κ3) is 3.80. The third-order valence-corrected chi connectivity index (χ3v) is 3.79. The van der Waals surface area contributed by atoms with Crippen molar-refractivity contribution in [1.29, 1.82) is 0 Å². The van der Waals surface area contributed by atoms with Gasteiger partial charge in [0.05, 0.1) is 36.6 Å². The number of hydrogen-bond acceptors (Lipinski definition) is 5. The summed E-state index contributed by atoms with van der Waals surface area (Å²) in [6, 6.07) is 8.32. The van der Waals surface area contributed by atoms with Crippen LogP contribution in [0.4, 0.5) is 8.78 Å². The molecule has 0 spiro atoms. The highest BCUT2D eigenvalue weighted by Crippen LogP contribution is 2.18. The van der Waals surface area contributed by atoms with Gasteiger partial charge in [-0.3, -0.25) is 0 Å². The van der Waals surface area contributed by atoms with E-state index in [1.54, 1.807) is 24.3 Å². The average molecular weight is 362 g/mol. The molecule has 136 valence electrons. The van der Waals surface area contributed by atoms with Crippen LogP contribution >= 0.6 is 0 Å². The molecule has 1 heterocycles. The average Bonchev–Trinajstić information content (AvgIpc) is 3.01. The topological polar surface area (TPSA) is 73.6 Å². The van der Waals surface area contributed by atoms with E-state index in [2.05, 4.69) is 9.72 Å². The van der Waals surface area contributed by atoms with Gasteiger partial charge in [-0.05, 0) is 24.3 Å². The number of aliphatic hydroxyl groups excluding tert-OH is 1. The van der Waals surface area contributed by atoms with Crippen molar-refractivity contribution >= 4 is 17.0 Å². The maximum atomic E-state index is 13.4. The summed E-state index contributed by atoms with van der Waals surface area (Å²) >= 11 is 0. The lowest BCUT2D eigenvalue weighted by molar-refractivity contribution is 0.0600. The Labute approximate surface area is 147 Å². The van der Waals surface area contributed by atoms with Crippen LogP contribution in [0.25, 0.3) is 11.0 Å². The first-order valence-electron chi connectivity index (χ1n) is 7.77. The Morgan fingerprint density at radius 3 is 2.62 bits per heavy atom. The number of aliphatic hydroxyl groups is 1. The normalized spacial score (nSPS) is 12.2. The number of nitrogens with zero attached hydrogens (tertiary/aromatic N) is 2. The number of aromatic nitrogens is 2. The molecule has 2 aromatic carbocycles. The van der Waals surface area contributed by atoms with Gasteiger partial charge in [-0.15, -0.1) is 0 Å². The largest absolute Gasteiger partial charge is 0.491 e. The van der Waals surface area contributed by atoms with Crippen molar-refractivity contribution < 1.29 is 28.2 Å². The molecule has 0 radical (unpaired) electrons. The number of rotatable bonds is 6. The number of carbonyl (C=O) groups excluding carboxylic acids is 1. The number of esters is 1. The number of methoxy groups -OCH3 is 1. The second kappa shape index (κ2) is 7.49. The molecule has 3 rings (SSSR count). The fraction of sp³-hybridized carbons (Fsp3) is 0.222. The van der Waals surface area contributed by atoms with E-state index >= 15 is 0 Å². The van der Waals surface area contributed by atoms with Gasteiger partial charge in [0.1, 0.15) is 18.5 Å². The number of fused-ring (bicyclic) bond motifs is 1. The fourth-order valence-corrected chi connectivity index (χ4v) is 2.48. The molecule has 1 unspecified atom stereocenters. The number of imidazole rings is 1. The first-order chi connectivity index (χ1) is 12.5. The zero-order chi connectivity index (χ0) is 18.7. The van der Waals surface area contributed by atoms with Crippen LogP contribution in [0.1, 0.15) is 10.4 Å². The number of benzene rings is 2. The lowest BCUT2D eigenvalue weighted by Gasteiger charge is -2.14. The first kappa shape index (κ1) is 17.8. The molecule has 0 saturated carbocycles. The molecule has 1 N–H and O–H groups in total. The minimum Gasteiger partial charge on any atom is -0.491 e. The van der Waals surface area contributed by atoms with Crippen LogP contribution in [-0.4, -0.2) is 40.4 Å². The van der Waals surface area contributed by atoms with E-state index in [4.69, 9.17) is 4.74 Å². The Morgan fingerprint density at radius 1 is 1.23 bits per heavy atom. The molecule has 0 saturated heterocycles. The van der Waals surface area contributed by atoms with E-state index in [1.807, 2.05) is 0 Å². The van der Waals surface area contributed by atoms with Crippen molar-refractivity contribution in [1.82, 2.24) is 9.55 Å². The molecule has 8 heteroatoms. The Hall–Kier alpha value is -3.00. The van der Waals surface area contributed by atoms with Crippen LogP contribution in [0.2, 0.25) is 0 Å². The zero-order valence-electron chi connectivity index (χ0n) is 13.9. The summed E-state index contributed by atoms with van der Waals surface area (Å²) in [5.41, 5.74) is 1.07. The summed E-state index contributed by atoms with van der Waals surface area (Å²) in [5, 5.41) is 10.1. The van der Waals surface area contributed by atoms with E-state index < -0.39 is 23.7 Å². The van der Waals surface area contributed by atoms with Crippen LogP contribution in [0, 0.1) is 11.6 Å². The van der Waals surface area contributed by atoms with Crippen molar-refractivity contribution in [3.8, 4) is 5.75 Å². The highest BCUT2D eigenvalue weighted by Gasteiger charge is 2.13. The molecule has 0 bridgehead atoms. The lowest BCUT2D eigenvalue weighted by Crippen LogP contribution is -2.23. The number of carbonyl (C=O) groups is 1. The van der Waals surface area contributed by atoms with Gasteiger partial charge in [-0.2, -0.15) is 0 Å². The van der Waals surface area contributed by atoms with E-state index in [0.717, 1.165) is 12.1 Å². The van der Waals surface area contributed by atoms with Crippen LogP contribution in [-0.2, 0) is 11.3 Å². The van der Waals surface area contributed by atoms with Crippen LogP contribution in [0.3, 0.4) is 0 Å². The number of hydrogen-bond donors (Lipinski definition) is 1. The van der Waals surface area contributed by atoms with Gasteiger partial charge in [0.15, 0.2) is 11.6 Å². The minimum absolute atomic E-state index is 0.0269. The first-order valence-corrected chi connectivity index (χ1v) is 7.77. The van der Waals surface area contributed by atoms with Gasteiger partial charge in [-0.1, -0.05) is 0 Å². The summed E-state index contributed by atoms with van der Waals surface area (Å²) in [5.74, 6) is -1.93. The van der Waals surface area contributed by atoms with Gasteiger partial charge in [0, 0.05) is 12.1 Å². The fourth-order valence-electron chi connectivity index (χ4n) is 2.48. The molecule has 3 aromatic rings. The Balaban J connectivity index is 1.61. The number of ether oxygens (including phenoxy) is 2. The molecule has 6 nitrogen and oxygen atoms in total. The smallest absolute Gasteiger partial charge is 0.337 e. The molecule has 26 heavy (non-hydrogen) atoms. The van der Waals surface area contributed by atoms with E-state index in [-0.39, 0.29) is 13.2 Å². The highest BCUT2D eigenvalue weighted by molar-refractivity contribution is 5.89. The predicted octanol–water partition coefficient (Wildman–Crippen LogP) is 2.54. The Morgan fingerprint density at radius 2 is 1.92 bits per heavy atom. The quantitative estimate of drug-likeness (QED) is 0.682. The second-order valence-corrected chi connectivity index (χ2v) is 5.63. The number of halogens is 2. The van der Waals surface area contributed by atoms with Crippen LogP contribution in [0.5, 0.6) is 5.75 Å². The summed E-state index contributed by atoms with van der Waals surface area (Å²) < 4.78 is 38.2. The van der Waals surface area contributed by atoms with Crippen molar-refractivity contribution in [2.45, 2.75) is 12.6 Å². The van der Waals surface area contributed by atoms with Crippen LogP contribution < -0.4 is 4.74 Å². The molecule has 0 aliphatic rings. The zero-order valence-corrected chi connectivity index (χ0v) is 13.9. The van der Waals surface area contributed by atoms with Crippen molar-refractivity contribution in [3.05, 3.63) is 59.9 Å². The van der Waals surface area contributed by atoms with Crippen molar-refractivity contribution in [2.24, 2.45) is 0 Å². The van der Waals surface area contributed by atoms with E-state index in [0.29, 0.717) is 22.3 Å². The van der Waals surface area contributed by atoms with Gasteiger partial charge in [-0.25, -0.2) is 18.6 Å². The molecule has 0 aliphatic heterocycles. The van der Waals surface area contributed by atoms with E-state index in [9.17, 15) is 18.7 Å². The molecule has 1 aromatic heterocycles. The molecule has 0 aliphatic carbocycles. The molecule has 0 amide bonds. The second-order valence-electron chi connectivity index (χ2n) is 5.63. The monoisotopic (exact) mass is 362 g/mol. The molecule has 1 atom stereocenters. The summed E-state index contributed by atoms with van der Waals surface area (Å²) in [4.78, 5) is 15.3. The van der Waals surface area contributed by atoms with Crippen molar-refractivity contribution in [3.63, 3.8) is 0 Å². The maximum absolute atomic E-state index is 13.4. The molecule has 0 fully saturated rings. The Bertz CT molecular complexity index is 925. The van der Waals surface area contributed by atoms with Gasteiger partial charge < -0.3 is 19.1 Å². The summed E-state index contributed by atoms with van der Waals surface area (Å²) in [6.07, 6.45) is 0.499. The molecular formula is C18H16F2N2O4. The van der Waals surface area contributed by atoms with Gasteiger partial charge in [0.25, 0.3) is 0 Å². The predicted molar refractivity (Wildman–Crippen MR) is 88.9 cm³/mol. The SMILES string of the molecule is COC(=O)c1ccc(OCC(O)Cn2cnc3cc(F)c(F)cc32)cc1. The summed E-state index contributed by atoms with van der Waals surface area (Å²) in [7, 11) is 1.29. The van der Waals surface area contributed by atoms with Gasteiger partial charge in [0.2, 0.25) is 0 Å². The summed E-state index contributed by atoms with van der Waals surface area (Å²) in [6.45, 7) is 0.0722. The van der Waals surface area contributed by atoms with Gasteiger partial charge >= 0.3 is 5.97 Å².